The average Bonchev–Trinajstić information content (AvgIpc) is 2.16. The molecule has 0 spiro atoms. The third-order valence-electron chi connectivity index (χ3n) is 2.75. The van der Waals surface area contributed by atoms with Gasteiger partial charge in [-0.15, -0.1) is 0 Å². The second kappa shape index (κ2) is 4.40. The van der Waals surface area contributed by atoms with E-state index in [1.807, 2.05) is 0 Å². The van der Waals surface area contributed by atoms with Gasteiger partial charge >= 0.3 is 0 Å². The standard InChI is InChI=1S/C10H17NO2/c1-11(2)10(13)9-6-4-3-5-8(9)7-12/h7-9H,3-6H2,1-2H3. The third-order valence-corrected chi connectivity index (χ3v) is 2.75. The summed E-state index contributed by atoms with van der Waals surface area (Å²) in [6, 6.07) is 0. The van der Waals surface area contributed by atoms with Crippen LogP contribution in [0.15, 0.2) is 0 Å². The first-order valence-corrected chi connectivity index (χ1v) is 4.83. The van der Waals surface area contributed by atoms with E-state index in [4.69, 9.17) is 0 Å². The molecule has 0 aromatic rings. The Morgan fingerprint density at radius 2 is 1.92 bits per heavy atom. The Kier molecular flexibility index (Phi) is 3.46. The lowest BCUT2D eigenvalue weighted by Crippen LogP contribution is -2.36. The lowest BCUT2D eigenvalue weighted by Gasteiger charge is -2.28. The predicted octanol–water partition coefficient (Wildman–Crippen LogP) is 1.08. The summed E-state index contributed by atoms with van der Waals surface area (Å²) in [5.41, 5.74) is 0. The van der Waals surface area contributed by atoms with Crippen LogP contribution in [0.25, 0.3) is 0 Å². The minimum Gasteiger partial charge on any atom is -0.349 e. The minimum absolute atomic E-state index is 0.0383. The van der Waals surface area contributed by atoms with Crippen LogP contribution in [-0.2, 0) is 9.59 Å². The molecule has 0 aliphatic heterocycles. The van der Waals surface area contributed by atoms with Crippen molar-refractivity contribution in [2.45, 2.75) is 25.7 Å². The summed E-state index contributed by atoms with van der Waals surface area (Å²) in [4.78, 5) is 24.0. The lowest BCUT2D eigenvalue weighted by molar-refractivity contribution is -0.138. The molecule has 1 amide bonds. The van der Waals surface area contributed by atoms with Gasteiger partial charge in [-0.25, -0.2) is 0 Å². The molecule has 13 heavy (non-hydrogen) atoms. The maximum atomic E-state index is 11.6. The van der Waals surface area contributed by atoms with Crippen molar-refractivity contribution in [2.75, 3.05) is 14.1 Å². The summed E-state index contributed by atoms with van der Waals surface area (Å²) in [6.07, 6.45) is 4.87. The van der Waals surface area contributed by atoms with Crippen LogP contribution in [-0.4, -0.2) is 31.2 Å². The van der Waals surface area contributed by atoms with Crippen LogP contribution >= 0.6 is 0 Å². The SMILES string of the molecule is CN(C)C(=O)C1CCCCC1C=O. The second-order valence-corrected chi connectivity index (χ2v) is 3.92. The van der Waals surface area contributed by atoms with Crippen LogP contribution in [0.2, 0.25) is 0 Å². The van der Waals surface area contributed by atoms with Crippen molar-refractivity contribution < 1.29 is 9.59 Å². The molecule has 0 aromatic carbocycles. The molecular weight excluding hydrogens is 166 g/mol. The fourth-order valence-electron chi connectivity index (χ4n) is 1.96. The maximum Gasteiger partial charge on any atom is 0.225 e. The summed E-state index contributed by atoms with van der Waals surface area (Å²) in [7, 11) is 3.50. The van der Waals surface area contributed by atoms with Crippen LogP contribution in [0, 0.1) is 11.8 Å². The zero-order chi connectivity index (χ0) is 9.84. The molecule has 0 N–H and O–H groups in total. The highest BCUT2D eigenvalue weighted by Gasteiger charge is 2.31. The van der Waals surface area contributed by atoms with Crippen molar-refractivity contribution in [3.8, 4) is 0 Å². The normalized spacial score (nSPS) is 28.2. The number of hydrogen-bond donors (Lipinski definition) is 0. The predicted molar refractivity (Wildman–Crippen MR) is 50.2 cm³/mol. The largest absolute Gasteiger partial charge is 0.349 e. The number of carbonyl (C=O) groups excluding carboxylic acids is 2. The molecule has 3 nitrogen and oxygen atoms in total. The molecule has 1 aliphatic carbocycles. The number of rotatable bonds is 2. The van der Waals surface area contributed by atoms with Crippen molar-refractivity contribution in [1.29, 1.82) is 0 Å². The van der Waals surface area contributed by atoms with Crippen molar-refractivity contribution >= 4 is 12.2 Å². The molecule has 0 saturated heterocycles. The molecule has 1 fully saturated rings. The first kappa shape index (κ1) is 10.2. The van der Waals surface area contributed by atoms with E-state index in [1.54, 1.807) is 19.0 Å². The molecule has 2 atom stereocenters. The maximum absolute atomic E-state index is 11.6. The van der Waals surface area contributed by atoms with Gasteiger partial charge in [0.25, 0.3) is 0 Å². The lowest BCUT2D eigenvalue weighted by atomic mass is 9.79. The Balaban J connectivity index is 2.63. The Bertz CT molecular complexity index is 201. The first-order valence-electron chi connectivity index (χ1n) is 4.83. The molecular formula is C10H17NO2. The highest BCUT2D eigenvalue weighted by molar-refractivity contribution is 5.81. The van der Waals surface area contributed by atoms with Crippen molar-refractivity contribution in [2.24, 2.45) is 11.8 Å². The fraction of sp³-hybridized carbons (Fsp3) is 0.800. The monoisotopic (exact) mass is 183 g/mol. The van der Waals surface area contributed by atoms with Gasteiger partial charge in [-0.05, 0) is 12.8 Å². The Hall–Kier alpha value is -0.860. The van der Waals surface area contributed by atoms with Crippen LogP contribution in [0.3, 0.4) is 0 Å². The van der Waals surface area contributed by atoms with Crippen molar-refractivity contribution in [3.05, 3.63) is 0 Å². The van der Waals surface area contributed by atoms with E-state index in [0.717, 1.165) is 32.0 Å². The smallest absolute Gasteiger partial charge is 0.225 e. The molecule has 1 rings (SSSR count). The number of nitrogens with zero attached hydrogens (tertiary/aromatic N) is 1. The molecule has 74 valence electrons. The van der Waals surface area contributed by atoms with E-state index < -0.39 is 0 Å². The molecule has 3 heteroatoms. The van der Waals surface area contributed by atoms with E-state index in [-0.39, 0.29) is 17.7 Å². The molecule has 0 aromatic heterocycles. The number of hydrogen-bond acceptors (Lipinski definition) is 2. The van der Waals surface area contributed by atoms with Gasteiger partial charge in [-0.3, -0.25) is 4.79 Å². The Morgan fingerprint density at radius 3 is 2.46 bits per heavy atom. The Morgan fingerprint density at radius 1 is 1.31 bits per heavy atom. The number of amides is 1. The highest BCUT2D eigenvalue weighted by Crippen LogP contribution is 2.29. The minimum atomic E-state index is -0.0544. The van der Waals surface area contributed by atoms with E-state index in [9.17, 15) is 9.59 Å². The van der Waals surface area contributed by atoms with Gasteiger partial charge in [-0.1, -0.05) is 12.8 Å². The molecule has 1 aliphatic rings. The first-order chi connectivity index (χ1) is 6.16. The molecule has 0 heterocycles. The van der Waals surface area contributed by atoms with Gasteiger partial charge in [0.15, 0.2) is 0 Å². The molecule has 0 radical (unpaired) electrons. The quantitative estimate of drug-likeness (QED) is 0.601. The average molecular weight is 183 g/mol. The van der Waals surface area contributed by atoms with Crippen LogP contribution in [0.4, 0.5) is 0 Å². The van der Waals surface area contributed by atoms with E-state index in [0.29, 0.717) is 0 Å². The van der Waals surface area contributed by atoms with Gasteiger partial charge in [0.1, 0.15) is 6.29 Å². The summed E-state index contributed by atoms with van der Waals surface area (Å²) in [5.74, 6) is 0.0155. The summed E-state index contributed by atoms with van der Waals surface area (Å²) in [5, 5.41) is 0. The second-order valence-electron chi connectivity index (χ2n) is 3.92. The van der Waals surface area contributed by atoms with Crippen LogP contribution < -0.4 is 0 Å². The van der Waals surface area contributed by atoms with E-state index in [1.165, 1.54) is 0 Å². The van der Waals surface area contributed by atoms with E-state index in [2.05, 4.69) is 0 Å². The third kappa shape index (κ3) is 2.29. The van der Waals surface area contributed by atoms with Crippen molar-refractivity contribution in [1.82, 2.24) is 4.90 Å². The van der Waals surface area contributed by atoms with Crippen LogP contribution in [0.5, 0.6) is 0 Å². The molecule has 1 saturated carbocycles. The van der Waals surface area contributed by atoms with Crippen molar-refractivity contribution in [3.63, 3.8) is 0 Å². The fourth-order valence-corrected chi connectivity index (χ4v) is 1.96. The number of carbonyl (C=O) groups is 2. The zero-order valence-electron chi connectivity index (χ0n) is 8.32. The van der Waals surface area contributed by atoms with Crippen LogP contribution in [0.1, 0.15) is 25.7 Å². The van der Waals surface area contributed by atoms with Gasteiger partial charge in [0.05, 0.1) is 0 Å². The summed E-state index contributed by atoms with van der Waals surface area (Å²) < 4.78 is 0. The Labute approximate surface area is 79.1 Å². The number of aldehydes is 1. The summed E-state index contributed by atoms with van der Waals surface area (Å²) >= 11 is 0. The molecule has 0 bridgehead atoms. The van der Waals surface area contributed by atoms with E-state index >= 15 is 0 Å². The highest BCUT2D eigenvalue weighted by atomic mass is 16.2. The van der Waals surface area contributed by atoms with Gasteiger partial charge in [0.2, 0.25) is 5.91 Å². The van der Waals surface area contributed by atoms with Gasteiger partial charge < -0.3 is 9.69 Å². The summed E-state index contributed by atoms with van der Waals surface area (Å²) in [6.45, 7) is 0. The van der Waals surface area contributed by atoms with Gasteiger partial charge in [0, 0.05) is 25.9 Å². The topological polar surface area (TPSA) is 37.4 Å². The van der Waals surface area contributed by atoms with Gasteiger partial charge in [-0.2, -0.15) is 0 Å². The zero-order valence-corrected chi connectivity index (χ0v) is 8.32. The molecule has 2 unspecified atom stereocenters.